The summed E-state index contributed by atoms with van der Waals surface area (Å²) in [7, 11) is 0. The molecule has 0 saturated heterocycles. The normalized spacial score (nSPS) is 10.3. The lowest BCUT2D eigenvalue weighted by atomic mass is 10.1. The second kappa shape index (κ2) is 7.18. The molecule has 25 heavy (non-hydrogen) atoms. The molecule has 0 bridgehead atoms. The minimum absolute atomic E-state index is 0.00604. The van der Waals surface area contributed by atoms with Crippen LogP contribution < -0.4 is 10.6 Å². The van der Waals surface area contributed by atoms with Crippen LogP contribution in [0.2, 0.25) is 0 Å². The van der Waals surface area contributed by atoms with Crippen LogP contribution in [0.1, 0.15) is 24.2 Å². The maximum absolute atomic E-state index is 11.5. The van der Waals surface area contributed by atoms with E-state index in [1.54, 1.807) is 36.7 Å². The molecule has 2 heterocycles. The van der Waals surface area contributed by atoms with E-state index in [1.807, 2.05) is 6.07 Å². The van der Waals surface area contributed by atoms with E-state index in [1.165, 1.54) is 25.2 Å². The molecule has 126 valence electrons. The number of benzene rings is 1. The molecule has 8 heteroatoms. The molecule has 1 amide bonds. The Hall–Kier alpha value is -3.13. The van der Waals surface area contributed by atoms with Gasteiger partial charge in [0.25, 0.3) is 0 Å². The number of nitrogens with one attached hydrogen (secondary N) is 2. The molecule has 2 aromatic heterocycles. The molecule has 0 saturated carbocycles. The summed E-state index contributed by atoms with van der Waals surface area (Å²) >= 11 is 1.33. The lowest BCUT2D eigenvalue weighted by Crippen LogP contribution is -2.04. The predicted octanol–water partition coefficient (Wildman–Crippen LogP) is 3.50. The van der Waals surface area contributed by atoms with Gasteiger partial charge in [-0.3, -0.25) is 9.59 Å². The molecule has 3 rings (SSSR count). The second-order valence-corrected chi connectivity index (χ2v) is 6.27. The van der Waals surface area contributed by atoms with Gasteiger partial charge in [-0.25, -0.2) is 15.0 Å². The van der Waals surface area contributed by atoms with Gasteiger partial charge in [0.05, 0.1) is 10.6 Å². The number of hydrogen-bond acceptors (Lipinski definition) is 7. The highest BCUT2D eigenvalue weighted by Crippen LogP contribution is 2.28. The van der Waals surface area contributed by atoms with E-state index in [-0.39, 0.29) is 11.7 Å². The Labute approximate surface area is 148 Å². The Morgan fingerprint density at radius 1 is 1.12 bits per heavy atom. The van der Waals surface area contributed by atoms with E-state index in [0.717, 1.165) is 10.6 Å². The lowest BCUT2D eigenvalue weighted by Gasteiger charge is -2.06. The van der Waals surface area contributed by atoms with Gasteiger partial charge in [-0.05, 0) is 25.1 Å². The topological polar surface area (TPSA) is 96.9 Å². The number of hydrogen-bond donors (Lipinski definition) is 2. The summed E-state index contributed by atoms with van der Waals surface area (Å²) in [6.45, 7) is 2.95. The van der Waals surface area contributed by atoms with Crippen LogP contribution >= 0.6 is 11.3 Å². The molecule has 1 aromatic carbocycles. The number of anilines is 3. The van der Waals surface area contributed by atoms with Gasteiger partial charge < -0.3 is 10.6 Å². The quantitative estimate of drug-likeness (QED) is 0.681. The van der Waals surface area contributed by atoms with Gasteiger partial charge in [-0.2, -0.15) is 0 Å². The molecule has 0 atom stereocenters. The van der Waals surface area contributed by atoms with Gasteiger partial charge in [0.1, 0.15) is 0 Å². The van der Waals surface area contributed by atoms with Crippen LogP contribution in [0.4, 0.5) is 16.8 Å². The van der Waals surface area contributed by atoms with Gasteiger partial charge in [-0.15, -0.1) is 0 Å². The summed E-state index contributed by atoms with van der Waals surface area (Å²) in [4.78, 5) is 36.2. The number of carbonyl (C=O) groups is 2. The standard InChI is InChI=1S/C17H15N5O2S/c1-10(23)12-4-3-5-13(8-12)21-16-18-7-6-14(22-16)15-9-19-17(25-15)20-11(2)24/h3-9H,1-2H3,(H,18,21,22)(H,19,20,24). The van der Waals surface area contributed by atoms with E-state index < -0.39 is 0 Å². The first-order chi connectivity index (χ1) is 12.0. The molecule has 0 unspecified atom stereocenters. The van der Waals surface area contributed by atoms with Crippen molar-refractivity contribution >= 4 is 39.8 Å². The third kappa shape index (κ3) is 4.24. The molecular weight excluding hydrogens is 338 g/mol. The van der Waals surface area contributed by atoms with Gasteiger partial charge >= 0.3 is 0 Å². The molecule has 0 fully saturated rings. The maximum Gasteiger partial charge on any atom is 0.227 e. The number of amides is 1. The van der Waals surface area contributed by atoms with Crippen molar-refractivity contribution in [2.45, 2.75) is 13.8 Å². The average Bonchev–Trinajstić information content (AvgIpc) is 3.03. The number of nitrogens with zero attached hydrogens (tertiary/aromatic N) is 3. The zero-order chi connectivity index (χ0) is 17.8. The van der Waals surface area contributed by atoms with E-state index in [9.17, 15) is 9.59 Å². The Bertz CT molecular complexity index is 938. The number of rotatable bonds is 5. The first kappa shape index (κ1) is 16.7. The van der Waals surface area contributed by atoms with Crippen LogP contribution in [0, 0.1) is 0 Å². The van der Waals surface area contributed by atoms with E-state index in [0.29, 0.717) is 22.3 Å². The van der Waals surface area contributed by atoms with Crippen LogP contribution in [-0.4, -0.2) is 26.6 Å². The second-order valence-electron chi connectivity index (χ2n) is 5.24. The van der Waals surface area contributed by atoms with Gasteiger partial charge in [0, 0.05) is 30.6 Å². The molecular formula is C17H15N5O2S. The highest BCUT2D eigenvalue weighted by Gasteiger charge is 2.09. The fourth-order valence-corrected chi connectivity index (χ4v) is 2.93. The number of Topliss-reactive ketones (excluding diaryl/α,β-unsaturated/α-hetero) is 1. The smallest absolute Gasteiger partial charge is 0.227 e. The zero-order valence-electron chi connectivity index (χ0n) is 13.6. The highest BCUT2D eigenvalue weighted by atomic mass is 32.1. The van der Waals surface area contributed by atoms with Gasteiger partial charge in [0.2, 0.25) is 11.9 Å². The first-order valence-electron chi connectivity index (χ1n) is 7.46. The SMILES string of the molecule is CC(=O)Nc1ncc(-c2ccnc(Nc3cccc(C(C)=O)c3)n2)s1. The van der Waals surface area contributed by atoms with Gasteiger partial charge in [-0.1, -0.05) is 23.5 Å². The number of carbonyl (C=O) groups excluding carboxylic acids is 2. The zero-order valence-corrected chi connectivity index (χ0v) is 14.4. The van der Waals surface area contributed by atoms with E-state index in [2.05, 4.69) is 25.6 Å². The average molecular weight is 353 g/mol. The first-order valence-corrected chi connectivity index (χ1v) is 8.28. The number of ketones is 1. The van der Waals surface area contributed by atoms with E-state index in [4.69, 9.17) is 0 Å². The molecule has 3 aromatic rings. The molecule has 2 N–H and O–H groups in total. The maximum atomic E-state index is 11.5. The number of aromatic nitrogens is 3. The summed E-state index contributed by atoms with van der Waals surface area (Å²) in [6.07, 6.45) is 3.29. The Morgan fingerprint density at radius 2 is 1.96 bits per heavy atom. The minimum atomic E-state index is -0.170. The van der Waals surface area contributed by atoms with E-state index >= 15 is 0 Å². The Morgan fingerprint density at radius 3 is 2.72 bits per heavy atom. The molecule has 0 aliphatic heterocycles. The molecule has 0 spiro atoms. The third-order valence-electron chi connectivity index (χ3n) is 3.22. The summed E-state index contributed by atoms with van der Waals surface area (Å²) in [5.74, 6) is 0.234. The lowest BCUT2D eigenvalue weighted by molar-refractivity contribution is -0.114. The summed E-state index contributed by atoms with van der Waals surface area (Å²) in [5.41, 5.74) is 2.03. The largest absolute Gasteiger partial charge is 0.324 e. The molecule has 7 nitrogen and oxygen atoms in total. The van der Waals surface area contributed by atoms with Crippen molar-refractivity contribution in [3.63, 3.8) is 0 Å². The van der Waals surface area contributed by atoms with Crippen molar-refractivity contribution in [2.24, 2.45) is 0 Å². The predicted molar refractivity (Wildman–Crippen MR) is 97.2 cm³/mol. The Kier molecular flexibility index (Phi) is 4.80. The minimum Gasteiger partial charge on any atom is -0.324 e. The monoisotopic (exact) mass is 353 g/mol. The van der Waals surface area contributed by atoms with Crippen molar-refractivity contribution in [1.29, 1.82) is 0 Å². The number of thiazole rings is 1. The molecule has 0 aliphatic carbocycles. The molecule has 0 radical (unpaired) electrons. The van der Waals surface area contributed by atoms with Gasteiger partial charge in [0.15, 0.2) is 10.9 Å². The summed E-state index contributed by atoms with van der Waals surface area (Å²) < 4.78 is 0. The van der Waals surface area contributed by atoms with Crippen LogP contribution in [0.3, 0.4) is 0 Å². The Balaban J connectivity index is 1.82. The van der Waals surface area contributed by atoms with Crippen LogP contribution in [-0.2, 0) is 4.79 Å². The fraction of sp³-hybridized carbons (Fsp3) is 0.118. The van der Waals surface area contributed by atoms with Crippen molar-refractivity contribution in [2.75, 3.05) is 10.6 Å². The van der Waals surface area contributed by atoms with Crippen molar-refractivity contribution in [3.05, 3.63) is 48.3 Å². The summed E-state index contributed by atoms with van der Waals surface area (Å²) in [6, 6.07) is 8.91. The third-order valence-corrected chi connectivity index (χ3v) is 4.16. The van der Waals surface area contributed by atoms with Crippen LogP contribution in [0.5, 0.6) is 0 Å². The van der Waals surface area contributed by atoms with Crippen molar-refractivity contribution in [3.8, 4) is 10.6 Å². The van der Waals surface area contributed by atoms with Crippen LogP contribution in [0.25, 0.3) is 10.6 Å². The van der Waals surface area contributed by atoms with Crippen molar-refractivity contribution < 1.29 is 9.59 Å². The summed E-state index contributed by atoms with van der Waals surface area (Å²) in [5, 5.41) is 6.25. The van der Waals surface area contributed by atoms with Crippen molar-refractivity contribution in [1.82, 2.24) is 15.0 Å². The highest BCUT2D eigenvalue weighted by molar-refractivity contribution is 7.19. The fourth-order valence-electron chi connectivity index (χ4n) is 2.10. The molecule has 0 aliphatic rings. The van der Waals surface area contributed by atoms with Crippen LogP contribution in [0.15, 0.2) is 42.7 Å².